The lowest BCUT2D eigenvalue weighted by atomic mass is 9.92. The molecule has 0 aliphatic carbocycles. The highest BCUT2D eigenvalue weighted by atomic mass is 35.5. The molecule has 1 aliphatic heterocycles. The van der Waals surface area contributed by atoms with Crippen LogP contribution in [0, 0.1) is 6.92 Å². The van der Waals surface area contributed by atoms with Gasteiger partial charge < -0.3 is 10.6 Å². The number of halogens is 9. The molecule has 6 nitrogen and oxygen atoms in total. The van der Waals surface area contributed by atoms with E-state index in [1.807, 2.05) is 0 Å². The van der Waals surface area contributed by atoms with E-state index in [1.54, 1.807) is 5.32 Å². The number of aryl methyl sites for hydroxylation is 1. The van der Waals surface area contributed by atoms with E-state index in [2.05, 4.69) is 10.8 Å². The monoisotopic (exact) mass is 595 g/mol. The summed E-state index contributed by atoms with van der Waals surface area (Å²) in [5.74, 6) is -1.87. The van der Waals surface area contributed by atoms with Crippen molar-refractivity contribution in [2.45, 2.75) is 24.9 Å². The Kier molecular flexibility index (Phi) is 8.11. The second-order valence-corrected chi connectivity index (χ2v) is 9.69. The van der Waals surface area contributed by atoms with Crippen LogP contribution in [0.3, 0.4) is 0 Å². The maximum atomic E-state index is 14.2. The predicted molar refractivity (Wildman–Crippen MR) is 122 cm³/mol. The van der Waals surface area contributed by atoms with Crippen molar-refractivity contribution in [3.8, 4) is 0 Å². The predicted octanol–water partition coefficient (Wildman–Crippen LogP) is 5.76. The number of thiophene rings is 1. The van der Waals surface area contributed by atoms with Crippen LogP contribution in [0.4, 0.5) is 26.3 Å². The molecular weight excluding hydrogens is 583 g/mol. The Balaban J connectivity index is 1.85. The number of carbonyl (C=O) groups excluding carboxylic acids is 2. The molecule has 0 radical (unpaired) electrons. The van der Waals surface area contributed by atoms with E-state index in [4.69, 9.17) is 39.6 Å². The molecule has 3 N–H and O–H groups in total. The van der Waals surface area contributed by atoms with E-state index >= 15 is 0 Å². The molecule has 1 aliphatic rings. The molecule has 3 rings (SSSR count). The SMILES string of the molecule is Cc1cc(C2=CC(c3cc(Cl)c(Cl)c(Cl)c3)(C(F)(F)F)ON2)sc1C(=O)NCC(=O)NCC(F)(F)F. The quantitative estimate of drug-likeness (QED) is 0.293. The van der Waals surface area contributed by atoms with Crippen molar-refractivity contribution in [3.05, 3.63) is 60.2 Å². The minimum absolute atomic E-state index is 0.0263. The second-order valence-electron chi connectivity index (χ2n) is 7.45. The van der Waals surface area contributed by atoms with E-state index in [1.165, 1.54) is 13.0 Å². The summed E-state index contributed by atoms with van der Waals surface area (Å²) in [4.78, 5) is 29.1. The van der Waals surface area contributed by atoms with E-state index < -0.39 is 48.4 Å². The zero-order valence-corrected chi connectivity index (χ0v) is 20.8. The number of hydrogen-bond donors (Lipinski definition) is 3. The Bertz CT molecular complexity index is 1210. The average Bonchev–Trinajstić information content (AvgIpc) is 3.38. The summed E-state index contributed by atoms with van der Waals surface area (Å²) in [6, 6.07) is 3.33. The van der Waals surface area contributed by atoms with Crippen molar-refractivity contribution in [2.24, 2.45) is 0 Å². The Morgan fingerprint density at radius 2 is 1.67 bits per heavy atom. The normalized spacial score (nSPS) is 18.0. The summed E-state index contributed by atoms with van der Waals surface area (Å²) < 4.78 is 79.0. The van der Waals surface area contributed by atoms with Crippen LogP contribution in [0.25, 0.3) is 5.70 Å². The van der Waals surface area contributed by atoms with Gasteiger partial charge in [-0.15, -0.1) is 11.3 Å². The lowest BCUT2D eigenvalue weighted by Gasteiger charge is -2.29. The van der Waals surface area contributed by atoms with Gasteiger partial charge >= 0.3 is 12.4 Å². The van der Waals surface area contributed by atoms with Crippen LogP contribution in [-0.4, -0.2) is 37.3 Å². The summed E-state index contributed by atoms with van der Waals surface area (Å²) in [5, 5.41) is 3.18. The van der Waals surface area contributed by atoms with E-state index in [-0.39, 0.29) is 30.5 Å². The third-order valence-corrected chi connectivity index (χ3v) is 7.25. The zero-order chi connectivity index (χ0) is 27.1. The van der Waals surface area contributed by atoms with Crippen LogP contribution >= 0.6 is 46.1 Å². The molecule has 16 heteroatoms. The van der Waals surface area contributed by atoms with E-state index in [9.17, 15) is 35.9 Å². The Hall–Kier alpha value is -2.19. The number of carbonyl (C=O) groups is 2. The number of alkyl halides is 6. The highest BCUT2D eigenvalue weighted by Gasteiger charge is 2.60. The Morgan fingerprint density at radius 3 is 2.22 bits per heavy atom. The first-order chi connectivity index (χ1) is 16.5. The summed E-state index contributed by atoms with van der Waals surface area (Å²) in [6.45, 7) is -0.805. The first-order valence-corrected chi connectivity index (χ1v) is 11.6. The minimum Gasteiger partial charge on any atom is -0.345 e. The van der Waals surface area contributed by atoms with Crippen molar-refractivity contribution in [1.82, 2.24) is 16.1 Å². The van der Waals surface area contributed by atoms with Crippen LogP contribution in [0.5, 0.6) is 0 Å². The van der Waals surface area contributed by atoms with Crippen LogP contribution in [0.2, 0.25) is 15.1 Å². The zero-order valence-electron chi connectivity index (χ0n) is 17.8. The summed E-state index contributed by atoms with van der Waals surface area (Å²) in [5.41, 5.74) is -1.01. The van der Waals surface area contributed by atoms with Gasteiger partial charge in [-0.25, -0.2) is 0 Å². The Labute approximate surface area is 218 Å². The Morgan fingerprint density at radius 1 is 1.06 bits per heavy atom. The van der Waals surface area contributed by atoms with Crippen molar-refractivity contribution in [2.75, 3.05) is 13.1 Å². The van der Waals surface area contributed by atoms with Gasteiger partial charge in [0.05, 0.1) is 37.1 Å². The molecule has 1 aromatic heterocycles. The number of benzene rings is 1. The molecule has 2 amide bonds. The van der Waals surface area contributed by atoms with Gasteiger partial charge in [-0.05, 0) is 36.8 Å². The molecule has 0 saturated heterocycles. The maximum Gasteiger partial charge on any atom is 0.428 e. The van der Waals surface area contributed by atoms with Crippen molar-refractivity contribution >= 4 is 63.7 Å². The highest BCUT2D eigenvalue weighted by molar-refractivity contribution is 7.15. The highest BCUT2D eigenvalue weighted by Crippen LogP contribution is 2.49. The molecular formula is C20H14Cl3F6N3O3S. The fraction of sp³-hybridized carbons (Fsp3) is 0.300. The third kappa shape index (κ3) is 6.02. The van der Waals surface area contributed by atoms with Crippen LogP contribution in [0.15, 0.2) is 24.3 Å². The standard InChI is InChI=1S/C20H14Cl3F6N3O3S/c1-8-2-13(36-16(8)17(34)30-6-14(33)31-7-19(24,25)26)12-5-18(35-32-12,20(27,28)29)9-3-10(21)15(23)11(22)4-9/h2-5,32H,6-7H2,1H3,(H,30,34)(H,31,33). The van der Waals surface area contributed by atoms with Gasteiger partial charge in [0.25, 0.3) is 5.91 Å². The summed E-state index contributed by atoms with van der Waals surface area (Å²) in [7, 11) is 0. The molecule has 1 aromatic carbocycles. The molecule has 0 saturated carbocycles. The molecule has 2 heterocycles. The van der Waals surface area contributed by atoms with Gasteiger partial charge in [-0.2, -0.15) is 26.3 Å². The van der Waals surface area contributed by atoms with Crippen molar-refractivity contribution in [1.29, 1.82) is 0 Å². The van der Waals surface area contributed by atoms with E-state index in [0.29, 0.717) is 5.56 Å². The van der Waals surface area contributed by atoms with Crippen molar-refractivity contribution < 1.29 is 40.8 Å². The lowest BCUT2D eigenvalue weighted by molar-refractivity contribution is -0.269. The number of hydroxylamine groups is 1. The maximum absolute atomic E-state index is 14.2. The lowest BCUT2D eigenvalue weighted by Crippen LogP contribution is -2.42. The second kappa shape index (κ2) is 10.3. The van der Waals surface area contributed by atoms with Crippen molar-refractivity contribution in [3.63, 3.8) is 0 Å². The summed E-state index contributed by atoms with van der Waals surface area (Å²) >= 11 is 18.4. The smallest absolute Gasteiger partial charge is 0.345 e. The summed E-state index contributed by atoms with van der Waals surface area (Å²) in [6.07, 6.45) is -8.84. The minimum atomic E-state index is -4.97. The molecule has 36 heavy (non-hydrogen) atoms. The van der Waals surface area contributed by atoms with Gasteiger partial charge in [0.1, 0.15) is 6.54 Å². The molecule has 1 atom stereocenters. The largest absolute Gasteiger partial charge is 0.428 e. The fourth-order valence-corrected chi connectivity index (χ4v) is 4.72. The molecule has 0 fully saturated rings. The molecule has 0 spiro atoms. The third-order valence-electron chi connectivity index (χ3n) is 4.79. The first-order valence-electron chi connectivity index (χ1n) is 9.65. The van der Waals surface area contributed by atoms with Gasteiger partial charge in [0, 0.05) is 5.56 Å². The first kappa shape index (κ1) is 28.4. The number of rotatable bonds is 6. The van der Waals surface area contributed by atoms with Crippen LogP contribution in [-0.2, 0) is 15.2 Å². The van der Waals surface area contributed by atoms with Crippen LogP contribution < -0.4 is 16.1 Å². The van der Waals surface area contributed by atoms with Gasteiger partial charge in [-0.1, -0.05) is 34.8 Å². The number of hydrogen-bond acceptors (Lipinski definition) is 5. The van der Waals surface area contributed by atoms with E-state index in [0.717, 1.165) is 29.5 Å². The van der Waals surface area contributed by atoms with Gasteiger partial charge in [0.15, 0.2) is 0 Å². The molecule has 2 aromatic rings. The fourth-order valence-electron chi connectivity index (χ4n) is 3.08. The number of nitrogens with one attached hydrogen (secondary N) is 3. The molecule has 0 bridgehead atoms. The molecule has 196 valence electrons. The molecule has 1 unspecified atom stereocenters. The van der Waals surface area contributed by atoms with Gasteiger partial charge in [-0.3, -0.25) is 19.9 Å². The topological polar surface area (TPSA) is 79.5 Å². The average molecular weight is 597 g/mol. The van der Waals surface area contributed by atoms with Crippen LogP contribution in [0.1, 0.15) is 25.7 Å². The van der Waals surface area contributed by atoms with Gasteiger partial charge in [0.2, 0.25) is 11.5 Å². The number of amides is 2.